The Morgan fingerprint density at radius 1 is 1.23 bits per heavy atom. The molecule has 2 amide bonds. The van der Waals surface area contributed by atoms with E-state index in [9.17, 15) is 27.9 Å². The predicted octanol–water partition coefficient (Wildman–Crippen LogP) is 1.59. The minimum Gasteiger partial charge on any atom is -0.491 e. The molecule has 0 unspecified atom stereocenters. The van der Waals surface area contributed by atoms with Gasteiger partial charge in [-0.05, 0) is 18.2 Å². The molecule has 0 aromatic heterocycles. The van der Waals surface area contributed by atoms with Crippen LogP contribution in [0.2, 0.25) is 0 Å². The quantitative estimate of drug-likeness (QED) is 0.838. The van der Waals surface area contributed by atoms with Crippen molar-refractivity contribution >= 4 is 11.8 Å². The molecule has 0 saturated carbocycles. The summed E-state index contributed by atoms with van der Waals surface area (Å²) < 4.78 is 42.7. The SMILES string of the molecule is O=C1CCC(=O)N1C[C@H](O)COc1cccc(C(F)(F)F)c1. The van der Waals surface area contributed by atoms with Gasteiger partial charge in [0, 0.05) is 12.8 Å². The number of hydrogen-bond donors (Lipinski definition) is 1. The van der Waals surface area contributed by atoms with Crippen molar-refractivity contribution in [2.24, 2.45) is 0 Å². The summed E-state index contributed by atoms with van der Waals surface area (Å²) in [4.78, 5) is 23.7. The third kappa shape index (κ3) is 3.97. The lowest BCUT2D eigenvalue weighted by molar-refractivity contribution is -0.140. The average molecular weight is 317 g/mol. The zero-order valence-corrected chi connectivity index (χ0v) is 11.5. The number of β-amino-alcohol motifs (C(OH)–C–C–N with tert-alkyl or cyclic N) is 1. The van der Waals surface area contributed by atoms with Gasteiger partial charge < -0.3 is 9.84 Å². The number of imide groups is 1. The van der Waals surface area contributed by atoms with Crippen LogP contribution in [0.25, 0.3) is 0 Å². The number of aliphatic hydroxyl groups is 1. The Bertz CT molecular complexity index is 557. The lowest BCUT2D eigenvalue weighted by Gasteiger charge is -2.19. The highest BCUT2D eigenvalue weighted by molar-refractivity contribution is 6.01. The number of alkyl halides is 3. The molecule has 1 atom stereocenters. The number of halogens is 3. The van der Waals surface area contributed by atoms with E-state index in [4.69, 9.17) is 4.74 Å². The van der Waals surface area contributed by atoms with Gasteiger partial charge in [0.2, 0.25) is 11.8 Å². The molecule has 1 aliphatic rings. The van der Waals surface area contributed by atoms with Crippen molar-refractivity contribution in [3.63, 3.8) is 0 Å². The van der Waals surface area contributed by atoms with Crippen LogP contribution >= 0.6 is 0 Å². The summed E-state index contributed by atoms with van der Waals surface area (Å²) >= 11 is 0. The van der Waals surface area contributed by atoms with Crippen LogP contribution in [0, 0.1) is 0 Å². The van der Waals surface area contributed by atoms with Crippen LogP contribution in [0.4, 0.5) is 13.2 Å². The molecule has 1 heterocycles. The molecule has 1 N–H and O–H groups in total. The van der Waals surface area contributed by atoms with Crippen LogP contribution in [-0.4, -0.2) is 41.1 Å². The van der Waals surface area contributed by atoms with Crippen molar-refractivity contribution < 1.29 is 32.6 Å². The van der Waals surface area contributed by atoms with Crippen molar-refractivity contribution in [2.75, 3.05) is 13.2 Å². The van der Waals surface area contributed by atoms with E-state index < -0.39 is 17.8 Å². The first kappa shape index (κ1) is 16.3. The van der Waals surface area contributed by atoms with Gasteiger partial charge in [0.1, 0.15) is 18.5 Å². The molecule has 0 aliphatic carbocycles. The third-order valence-electron chi connectivity index (χ3n) is 3.15. The zero-order chi connectivity index (χ0) is 16.3. The molecule has 0 spiro atoms. The number of rotatable bonds is 5. The number of carbonyl (C=O) groups excluding carboxylic acids is 2. The topological polar surface area (TPSA) is 66.8 Å². The van der Waals surface area contributed by atoms with Crippen molar-refractivity contribution in [2.45, 2.75) is 25.1 Å². The van der Waals surface area contributed by atoms with Gasteiger partial charge in [-0.25, -0.2) is 0 Å². The standard InChI is InChI=1S/C14H14F3NO4/c15-14(16,17)9-2-1-3-11(6-9)22-8-10(19)7-18-12(20)4-5-13(18)21/h1-3,6,10,19H,4-5,7-8H2/t10-/m0/s1. The number of amides is 2. The average Bonchev–Trinajstić information content (AvgIpc) is 2.76. The Hall–Kier alpha value is -2.09. The fourth-order valence-corrected chi connectivity index (χ4v) is 2.04. The number of ether oxygens (including phenoxy) is 1. The summed E-state index contributed by atoms with van der Waals surface area (Å²) in [6.07, 6.45) is -5.42. The molecular formula is C14H14F3NO4. The number of benzene rings is 1. The Balaban J connectivity index is 1.90. The minimum absolute atomic E-state index is 0.0482. The lowest BCUT2D eigenvalue weighted by Crippen LogP contribution is -2.38. The summed E-state index contributed by atoms with van der Waals surface area (Å²) in [7, 11) is 0. The number of likely N-dealkylation sites (tertiary alicyclic amines) is 1. The molecule has 1 fully saturated rings. The second kappa shape index (κ2) is 6.35. The van der Waals surface area contributed by atoms with E-state index in [1.165, 1.54) is 12.1 Å². The normalized spacial score (nSPS) is 17.0. The Kier molecular flexibility index (Phi) is 4.70. The fourth-order valence-electron chi connectivity index (χ4n) is 2.04. The number of hydrogen-bond acceptors (Lipinski definition) is 4. The third-order valence-corrected chi connectivity index (χ3v) is 3.15. The molecule has 0 radical (unpaired) electrons. The van der Waals surface area contributed by atoms with Crippen molar-refractivity contribution in [3.05, 3.63) is 29.8 Å². The maximum atomic E-state index is 12.5. The van der Waals surface area contributed by atoms with Crippen LogP contribution in [0.15, 0.2) is 24.3 Å². The maximum Gasteiger partial charge on any atom is 0.416 e. The summed E-state index contributed by atoms with van der Waals surface area (Å²) in [6.45, 7) is -0.547. The number of carbonyl (C=O) groups is 2. The van der Waals surface area contributed by atoms with Gasteiger partial charge in [0.15, 0.2) is 0 Å². The van der Waals surface area contributed by atoms with Gasteiger partial charge in [0.05, 0.1) is 12.1 Å². The summed E-state index contributed by atoms with van der Waals surface area (Å²) in [6, 6.07) is 4.25. The van der Waals surface area contributed by atoms with Gasteiger partial charge in [0.25, 0.3) is 0 Å². The van der Waals surface area contributed by atoms with Crippen LogP contribution < -0.4 is 4.74 Å². The predicted molar refractivity (Wildman–Crippen MR) is 68.9 cm³/mol. The van der Waals surface area contributed by atoms with Gasteiger partial charge in [-0.2, -0.15) is 13.2 Å². The van der Waals surface area contributed by atoms with E-state index in [1.807, 2.05) is 0 Å². The highest BCUT2D eigenvalue weighted by atomic mass is 19.4. The minimum atomic E-state index is -4.48. The van der Waals surface area contributed by atoms with E-state index in [2.05, 4.69) is 0 Å². The van der Waals surface area contributed by atoms with Crippen LogP contribution in [0.3, 0.4) is 0 Å². The zero-order valence-electron chi connectivity index (χ0n) is 11.5. The Morgan fingerprint density at radius 2 is 1.86 bits per heavy atom. The first-order chi connectivity index (χ1) is 10.3. The Morgan fingerprint density at radius 3 is 2.45 bits per heavy atom. The van der Waals surface area contributed by atoms with E-state index in [1.54, 1.807) is 0 Å². The van der Waals surface area contributed by atoms with Gasteiger partial charge in [-0.3, -0.25) is 14.5 Å². The summed E-state index contributed by atoms with van der Waals surface area (Å²) in [5.41, 5.74) is -0.857. The molecule has 5 nitrogen and oxygen atoms in total. The smallest absolute Gasteiger partial charge is 0.416 e. The van der Waals surface area contributed by atoms with Gasteiger partial charge >= 0.3 is 6.18 Å². The lowest BCUT2D eigenvalue weighted by atomic mass is 10.2. The van der Waals surface area contributed by atoms with E-state index >= 15 is 0 Å². The first-order valence-electron chi connectivity index (χ1n) is 6.58. The molecule has 1 aromatic rings. The monoisotopic (exact) mass is 317 g/mol. The summed E-state index contributed by atoms with van der Waals surface area (Å²) in [5, 5.41) is 9.74. The van der Waals surface area contributed by atoms with Crippen LogP contribution in [0.1, 0.15) is 18.4 Å². The molecule has 8 heteroatoms. The van der Waals surface area contributed by atoms with Crippen molar-refractivity contribution in [3.8, 4) is 5.75 Å². The first-order valence-corrected chi connectivity index (χ1v) is 6.58. The molecule has 22 heavy (non-hydrogen) atoms. The second-order valence-corrected chi connectivity index (χ2v) is 4.89. The van der Waals surface area contributed by atoms with Crippen molar-refractivity contribution in [1.82, 2.24) is 4.90 Å². The molecule has 1 aliphatic heterocycles. The highest BCUT2D eigenvalue weighted by Gasteiger charge is 2.31. The molecule has 2 rings (SSSR count). The summed E-state index contributed by atoms with van der Waals surface area (Å²) in [5.74, 6) is -0.792. The molecule has 0 bridgehead atoms. The Labute approximate surface area is 124 Å². The molecular weight excluding hydrogens is 303 g/mol. The van der Waals surface area contributed by atoms with Crippen LogP contribution in [-0.2, 0) is 15.8 Å². The van der Waals surface area contributed by atoms with E-state index in [-0.39, 0.29) is 43.6 Å². The number of nitrogens with zero attached hydrogens (tertiary/aromatic N) is 1. The number of aliphatic hydroxyl groups excluding tert-OH is 1. The maximum absolute atomic E-state index is 12.5. The van der Waals surface area contributed by atoms with Gasteiger partial charge in [-0.15, -0.1) is 0 Å². The largest absolute Gasteiger partial charge is 0.491 e. The van der Waals surface area contributed by atoms with Crippen LogP contribution in [0.5, 0.6) is 5.75 Å². The molecule has 1 saturated heterocycles. The second-order valence-electron chi connectivity index (χ2n) is 4.89. The molecule has 120 valence electrons. The van der Waals surface area contributed by atoms with Crippen molar-refractivity contribution in [1.29, 1.82) is 0 Å². The van der Waals surface area contributed by atoms with E-state index in [0.717, 1.165) is 17.0 Å². The molecule has 1 aromatic carbocycles. The van der Waals surface area contributed by atoms with Gasteiger partial charge in [-0.1, -0.05) is 6.07 Å². The highest BCUT2D eigenvalue weighted by Crippen LogP contribution is 2.31. The fraction of sp³-hybridized carbons (Fsp3) is 0.429. The van der Waals surface area contributed by atoms with E-state index in [0.29, 0.717) is 0 Å².